The zero-order chi connectivity index (χ0) is 14.8. The maximum absolute atomic E-state index is 4.54. The van der Waals surface area contributed by atoms with Crippen molar-refractivity contribution in [3.8, 4) is 0 Å². The average Bonchev–Trinajstić information content (AvgIpc) is 2.87. The molecule has 0 saturated carbocycles. The molecule has 21 heavy (non-hydrogen) atoms. The van der Waals surface area contributed by atoms with Gasteiger partial charge in [0.1, 0.15) is 18.0 Å². The van der Waals surface area contributed by atoms with Crippen LogP contribution in [0.25, 0.3) is 0 Å². The van der Waals surface area contributed by atoms with Gasteiger partial charge >= 0.3 is 0 Å². The smallest absolute Gasteiger partial charge is 0.131 e. The van der Waals surface area contributed by atoms with E-state index < -0.39 is 0 Å². The zero-order valence-corrected chi connectivity index (χ0v) is 13.8. The Morgan fingerprint density at radius 3 is 2.86 bits per heavy atom. The third-order valence-electron chi connectivity index (χ3n) is 3.66. The first-order valence-electron chi connectivity index (χ1n) is 7.04. The van der Waals surface area contributed by atoms with Crippen molar-refractivity contribution in [2.24, 2.45) is 0 Å². The Morgan fingerprint density at radius 1 is 1.24 bits per heavy atom. The number of anilines is 2. The molecule has 1 atom stereocenters. The summed E-state index contributed by atoms with van der Waals surface area (Å²) in [7, 11) is 0. The van der Waals surface area contributed by atoms with Gasteiger partial charge in [-0.2, -0.15) is 0 Å². The van der Waals surface area contributed by atoms with Crippen LogP contribution in [0.5, 0.6) is 0 Å². The molecule has 0 radical (unpaired) electrons. The van der Waals surface area contributed by atoms with Gasteiger partial charge in [0.2, 0.25) is 0 Å². The Hall–Kier alpha value is -1.69. The van der Waals surface area contributed by atoms with E-state index >= 15 is 0 Å². The van der Waals surface area contributed by atoms with Gasteiger partial charge in [-0.15, -0.1) is 0 Å². The van der Waals surface area contributed by atoms with Gasteiger partial charge in [0.25, 0.3) is 0 Å². The minimum absolute atomic E-state index is 0.393. The molecule has 1 fully saturated rings. The van der Waals surface area contributed by atoms with E-state index in [1.54, 1.807) is 6.33 Å². The van der Waals surface area contributed by atoms with Gasteiger partial charge in [-0.3, -0.25) is 0 Å². The van der Waals surface area contributed by atoms with Crippen LogP contribution in [0.15, 0.2) is 29.1 Å². The van der Waals surface area contributed by atoms with Crippen LogP contribution in [-0.4, -0.2) is 34.1 Å². The fourth-order valence-electron chi connectivity index (χ4n) is 2.68. The van der Waals surface area contributed by atoms with Crippen LogP contribution in [0.1, 0.15) is 17.7 Å². The first kappa shape index (κ1) is 14.3. The quantitative estimate of drug-likeness (QED) is 0.924. The lowest BCUT2D eigenvalue weighted by Crippen LogP contribution is -2.27. The molecular formula is C15H18BrN5. The molecule has 0 spiro atoms. The fourth-order valence-corrected chi connectivity index (χ4v) is 3.12. The number of rotatable bonds is 3. The highest BCUT2D eigenvalue weighted by atomic mass is 79.9. The summed E-state index contributed by atoms with van der Waals surface area (Å²) in [5.74, 6) is 1.97. The number of hydrogen-bond acceptors (Lipinski definition) is 5. The van der Waals surface area contributed by atoms with E-state index in [1.807, 2.05) is 19.2 Å². The largest absolute Gasteiger partial charge is 0.365 e. The molecule has 6 heteroatoms. The number of halogens is 1. The van der Waals surface area contributed by atoms with Crippen LogP contribution in [0.4, 0.5) is 11.6 Å². The molecule has 1 N–H and O–H groups in total. The lowest BCUT2D eigenvalue weighted by molar-refractivity contribution is 0.797. The van der Waals surface area contributed by atoms with E-state index in [0.717, 1.165) is 41.3 Å². The van der Waals surface area contributed by atoms with Crippen molar-refractivity contribution in [3.05, 3.63) is 40.4 Å². The van der Waals surface area contributed by atoms with Gasteiger partial charge in [0.15, 0.2) is 0 Å². The topological polar surface area (TPSA) is 53.9 Å². The molecule has 1 aliphatic rings. The van der Waals surface area contributed by atoms with Crippen LogP contribution in [-0.2, 0) is 0 Å². The maximum atomic E-state index is 4.54. The first-order valence-corrected chi connectivity index (χ1v) is 7.83. The van der Waals surface area contributed by atoms with Crippen molar-refractivity contribution >= 4 is 27.6 Å². The predicted molar refractivity (Wildman–Crippen MR) is 87.7 cm³/mol. The summed E-state index contributed by atoms with van der Waals surface area (Å²) in [4.78, 5) is 15.3. The molecule has 110 valence electrons. The van der Waals surface area contributed by atoms with E-state index in [0.29, 0.717) is 6.04 Å². The Kier molecular flexibility index (Phi) is 4.05. The third kappa shape index (κ3) is 3.32. The van der Waals surface area contributed by atoms with Gasteiger partial charge in [0.05, 0.1) is 0 Å². The fraction of sp³-hybridized carbons (Fsp3) is 0.400. The molecule has 3 rings (SSSR count). The van der Waals surface area contributed by atoms with E-state index in [4.69, 9.17) is 0 Å². The summed E-state index contributed by atoms with van der Waals surface area (Å²) in [6.07, 6.45) is 4.54. The number of hydrogen-bond donors (Lipinski definition) is 1. The molecule has 3 heterocycles. The molecule has 1 unspecified atom stereocenters. The number of aryl methyl sites for hydroxylation is 2. The van der Waals surface area contributed by atoms with Gasteiger partial charge in [0, 0.05) is 41.6 Å². The van der Waals surface area contributed by atoms with Crippen LogP contribution < -0.4 is 10.2 Å². The van der Waals surface area contributed by atoms with Crippen molar-refractivity contribution in [1.82, 2.24) is 15.0 Å². The standard InChI is InChI=1S/C15H18BrN5/c1-10-5-12(16)7-17-15(10)21-4-3-13(8-21)20-14-6-11(2)18-9-19-14/h5-7,9,13H,3-4,8H2,1-2H3,(H,18,19,20). The Morgan fingerprint density at radius 2 is 2.10 bits per heavy atom. The highest BCUT2D eigenvalue weighted by Gasteiger charge is 2.24. The minimum Gasteiger partial charge on any atom is -0.365 e. The summed E-state index contributed by atoms with van der Waals surface area (Å²) < 4.78 is 1.02. The van der Waals surface area contributed by atoms with Crippen LogP contribution >= 0.6 is 15.9 Å². The average molecular weight is 348 g/mol. The summed E-state index contributed by atoms with van der Waals surface area (Å²) >= 11 is 3.46. The van der Waals surface area contributed by atoms with E-state index in [1.165, 1.54) is 5.56 Å². The Labute approximate surface area is 133 Å². The summed E-state index contributed by atoms with van der Waals surface area (Å²) in [6.45, 7) is 6.03. The molecule has 0 amide bonds. The molecule has 0 bridgehead atoms. The van der Waals surface area contributed by atoms with E-state index in [2.05, 4.69) is 54.1 Å². The van der Waals surface area contributed by atoms with Gasteiger partial charge in [-0.25, -0.2) is 15.0 Å². The highest BCUT2D eigenvalue weighted by molar-refractivity contribution is 9.10. The van der Waals surface area contributed by atoms with Crippen LogP contribution in [0.2, 0.25) is 0 Å². The molecule has 1 aliphatic heterocycles. The summed E-state index contributed by atoms with van der Waals surface area (Å²) in [5, 5.41) is 3.48. The second-order valence-electron chi connectivity index (χ2n) is 5.41. The molecule has 0 aromatic carbocycles. The molecule has 0 aliphatic carbocycles. The number of nitrogens with one attached hydrogen (secondary N) is 1. The van der Waals surface area contributed by atoms with Crippen LogP contribution in [0.3, 0.4) is 0 Å². The third-order valence-corrected chi connectivity index (χ3v) is 4.09. The van der Waals surface area contributed by atoms with E-state index in [9.17, 15) is 0 Å². The van der Waals surface area contributed by atoms with Crippen molar-refractivity contribution in [3.63, 3.8) is 0 Å². The molecular weight excluding hydrogens is 330 g/mol. The second-order valence-corrected chi connectivity index (χ2v) is 6.33. The number of aromatic nitrogens is 3. The van der Waals surface area contributed by atoms with Crippen molar-refractivity contribution in [2.45, 2.75) is 26.3 Å². The lowest BCUT2D eigenvalue weighted by Gasteiger charge is -2.20. The van der Waals surface area contributed by atoms with Crippen molar-refractivity contribution in [2.75, 3.05) is 23.3 Å². The predicted octanol–water partition coefficient (Wildman–Crippen LogP) is 2.94. The van der Waals surface area contributed by atoms with Crippen molar-refractivity contribution in [1.29, 1.82) is 0 Å². The van der Waals surface area contributed by atoms with E-state index in [-0.39, 0.29) is 0 Å². The number of pyridine rings is 1. The Bertz CT molecular complexity index is 646. The highest BCUT2D eigenvalue weighted by Crippen LogP contribution is 2.25. The first-order chi connectivity index (χ1) is 10.1. The van der Waals surface area contributed by atoms with Gasteiger partial charge in [-0.1, -0.05) is 0 Å². The summed E-state index contributed by atoms with van der Waals surface area (Å²) in [6, 6.07) is 4.48. The second kappa shape index (κ2) is 5.97. The normalized spacial score (nSPS) is 18.0. The minimum atomic E-state index is 0.393. The molecule has 5 nitrogen and oxygen atoms in total. The maximum Gasteiger partial charge on any atom is 0.131 e. The summed E-state index contributed by atoms with van der Waals surface area (Å²) in [5.41, 5.74) is 2.18. The lowest BCUT2D eigenvalue weighted by atomic mass is 10.2. The monoisotopic (exact) mass is 347 g/mol. The van der Waals surface area contributed by atoms with Crippen LogP contribution in [0, 0.1) is 13.8 Å². The molecule has 1 saturated heterocycles. The SMILES string of the molecule is Cc1cc(NC2CCN(c3ncc(Br)cc3C)C2)ncn1. The number of nitrogens with zero attached hydrogens (tertiary/aromatic N) is 4. The Balaban J connectivity index is 1.68. The van der Waals surface area contributed by atoms with Gasteiger partial charge < -0.3 is 10.2 Å². The zero-order valence-electron chi connectivity index (χ0n) is 12.2. The van der Waals surface area contributed by atoms with Crippen molar-refractivity contribution < 1.29 is 0 Å². The van der Waals surface area contributed by atoms with Gasteiger partial charge in [-0.05, 0) is 47.8 Å². The molecule has 2 aromatic rings. The molecule has 2 aromatic heterocycles.